The molecule has 2 amide bonds. The molecule has 0 spiro atoms. The van der Waals surface area contributed by atoms with E-state index in [1.165, 1.54) is 19.3 Å². The number of nitrogens with zero attached hydrogens (tertiary/aromatic N) is 1. The molecule has 0 saturated heterocycles. The third-order valence-corrected chi connectivity index (χ3v) is 6.75. The van der Waals surface area contributed by atoms with Gasteiger partial charge in [-0.05, 0) is 68.1 Å². The van der Waals surface area contributed by atoms with E-state index in [9.17, 15) is 9.59 Å². The van der Waals surface area contributed by atoms with Gasteiger partial charge in [-0.1, -0.05) is 18.6 Å². The molecular weight excluding hydrogens is 338 g/mol. The van der Waals surface area contributed by atoms with Crippen molar-refractivity contribution in [1.82, 2.24) is 4.90 Å². The maximum atomic E-state index is 12.8. The summed E-state index contributed by atoms with van der Waals surface area (Å²) >= 11 is 0. The van der Waals surface area contributed by atoms with Crippen LogP contribution in [-0.2, 0) is 16.1 Å². The van der Waals surface area contributed by atoms with E-state index >= 15 is 0 Å². The molecule has 3 fully saturated rings. The Kier molecular flexibility index (Phi) is 5.22. The Labute approximate surface area is 161 Å². The van der Waals surface area contributed by atoms with E-state index in [2.05, 4.69) is 5.32 Å². The Morgan fingerprint density at radius 3 is 2.26 bits per heavy atom. The number of rotatable bonds is 5. The van der Waals surface area contributed by atoms with Gasteiger partial charge in [-0.3, -0.25) is 9.59 Å². The predicted molar refractivity (Wildman–Crippen MR) is 106 cm³/mol. The normalized spacial score (nSPS) is 29.9. The summed E-state index contributed by atoms with van der Waals surface area (Å²) in [7, 11) is 0. The molecule has 0 radical (unpaired) electrons. The molecular formula is C22H31N3O2. The second-order valence-corrected chi connectivity index (χ2v) is 8.76. The second-order valence-electron chi connectivity index (χ2n) is 8.76. The number of nitrogens with one attached hydrogen (secondary N) is 1. The van der Waals surface area contributed by atoms with Gasteiger partial charge < -0.3 is 16.0 Å². The Hall–Kier alpha value is -1.88. The number of nitrogens with two attached hydrogens (primary N) is 1. The quantitative estimate of drug-likeness (QED) is 0.836. The van der Waals surface area contributed by atoms with Gasteiger partial charge in [-0.25, -0.2) is 0 Å². The average Bonchev–Trinajstić information content (AvgIpc) is 3.45. The van der Waals surface area contributed by atoms with Crippen molar-refractivity contribution in [2.24, 2.45) is 23.5 Å². The number of hydrogen-bond donors (Lipinski definition) is 2. The third-order valence-electron chi connectivity index (χ3n) is 6.75. The van der Waals surface area contributed by atoms with Crippen LogP contribution in [0, 0.1) is 17.8 Å². The van der Waals surface area contributed by atoms with Crippen LogP contribution >= 0.6 is 0 Å². The molecule has 27 heavy (non-hydrogen) atoms. The van der Waals surface area contributed by atoms with E-state index < -0.39 is 0 Å². The number of benzene rings is 1. The molecule has 2 unspecified atom stereocenters. The van der Waals surface area contributed by atoms with Crippen LogP contribution in [0.15, 0.2) is 24.3 Å². The van der Waals surface area contributed by atoms with E-state index in [1.807, 2.05) is 29.2 Å². The maximum Gasteiger partial charge on any atom is 0.227 e. The Morgan fingerprint density at radius 1 is 1.07 bits per heavy atom. The monoisotopic (exact) mass is 369 g/mol. The molecule has 2 bridgehead atoms. The minimum Gasteiger partial charge on any atom is -0.336 e. The number of carbonyl (C=O) groups excluding carboxylic acids is 2. The first-order chi connectivity index (χ1) is 13.0. The van der Waals surface area contributed by atoms with Crippen LogP contribution < -0.4 is 11.1 Å². The van der Waals surface area contributed by atoms with Gasteiger partial charge in [0.25, 0.3) is 0 Å². The van der Waals surface area contributed by atoms with E-state index in [4.69, 9.17) is 5.73 Å². The van der Waals surface area contributed by atoms with Crippen molar-refractivity contribution >= 4 is 17.5 Å². The molecule has 1 aromatic carbocycles. The molecule has 3 saturated carbocycles. The number of carbonyl (C=O) groups is 2. The van der Waals surface area contributed by atoms with Crippen molar-refractivity contribution in [3.05, 3.63) is 29.8 Å². The largest absolute Gasteiger partial charge is 0.336 e. The highest BCUT2D eigenvalue weighted by Crippen LogP contribution is 2.42. The highest BCUT2D eigenvalue weighted by atomic mass is 16.2. The number of hydrogen-bond acceptors (Lipinski definition) is 3. The van der Waals surface area contributed by atoms with Crippen molar-refractivity contribution in [3.63, 3.8) is 0 Å². The molecule has 3 aliphatic carbocycles. The molecule has 3 aliphatic rings. The molecule has 0 heterocycles. The fourth-order valence-electron chi connectivity index (χ4n) is 5.02. The zero-order valence-electron chi connectivity index (χ0n) is 16.2. The van der Waals surface area contributed by atoms with Crippen molar-refractivity contribution in [2.75, 3.05) is 5.32 Å². The average molecular weight is 370 g/mol. The summed E-state index contributed by atoms with van der Waals surface area (Å²) in [5.74, 6) is 1.37. The van der Waals surface area contributed by atoms with Gasteiger partial charge in [0, 0.05) is 37.2 Å². The van der Waals surface area contributed by atoms with Gasteiger partial charge in [-0.2, -0.15) is 0 Å². The minimum atomic E-state index is 0.0860. The van der Waals surface area contributed by atoms with Crippen molar-refractivity contribution < 1.29 is 9.59 Å². The van der Waals surface area contributed by atoms with E-state index in [0.717, 1.165) is 36.9 Å². The fourth-order valence-corrected chi connectivity index (χ4v) is 5.02. The lowest BCUT2D eigenvalue weighted by Crippen LogP contribution is -2.48. The first-order valence-corrected chi connectivity index (χ1v) is 10.4. The summed E-state index contributed by atoms with van der Waals surface area (Å²) in [6, 6.07) is 8.64. The van der Waals surface area contributed by atoms with Crippen LogP contribution in [0.4, 0.5) is 5.69 Å². The fraction of sp³-hybridized carbons (Fsp3) is 0.636. The van der Waals surface area contributed by atoms with Crippen LogP contribution in [0.3, 0.4) is 0 Å². The molecule has 4 rings (SSSR count). The van der Waals surface area contributed by atoms with Crippen LogP contribution in [0.1, 0.15) is 57.4 Å². The molecule has 0 aliphatic heterocycles. The van der Waals surface area contributed by atoms with Gasteiger partial charge in [0.15, 0.2) is 0 Å². The third kappa shape index (κ3) is 4.18. The van der Waals surface area contributed by atoms with Crippen molar-refractivity contribution in [3.8, 4) is 0 Å². The lowest BCUT2D eigenvalue weighted by Gasteiger charge is -2.43. The van der Waals surface area contributed by atoms with Crippen LogP contribution in [0.25, 0.3) is 0 Å². The first-order valence-electron chi connectivity index (χ1n) is 10.4. The van der Waals surface area contributed by atoms with Crippen LogP contribution in [0.2, 0.25) is 0 Å². The summed E-state index contributed by atoms with van der Waals surface area (Å²) in [6.07, 6.45) is 7.68. The first kappa shape index (κ1) is 18.5. The topological polar surface area (TPSA) is 75.4 Å². The summed E-state index contributed by atoms with van der Waals surface area (Å²) in [6.45, 7) is 2.29. The van der Waals surface area contributed by atoms with Gasteiger partial charge in [0.2, 0.25) is 11.8 Å². The van der Waals surface area contributed by atoms with Gasteiger partial charge in [0.1, 0.15) is 0 Å². The molecule has 0 aromatic heterocycles. The lowest BCUT2D eigenvalue weighted by atomic mass is 9.65. The second kappa shape index (κ2) is 7.63. The Morgan fingerprint density at radius 2 is 1.70 bits per heavy atom. The number of anilines is 1. The lowest BCUT2D eigenvalue weighted by molar-refractivity contribution is -0.130. The highest BCUT2D eigenvalue weighted by Gasteiger charge is 2.40. The summed E-state index contributed by atoms with van der Waals surface area (Å²) in [5, 5.41) is 3.09. The van der Waals surface area contributed by atoms with Crippen molar-refractivity contribution in [2.45, 2.75) is 70.5 Å². The number of fused-ring (bicyclic) bond motifs is 2. The summed E-state index contributed by atoms with van der Waals surface area (Å²) in [4.78, 5) is 26.5. The maximum absolute atomic E-state index is 12.8. The molecule has 5 nitrogen and oxygen atoms in total. The molecule has 146 valence electrons. The molecule has 1 aromatic rings. The van der Waals surface area contributed by atoms with Gasteiger partial charge in [0.05, 0.1) is 0 Å². The van der Waals surface area contributed by atoms with Gasteiger partial charge in [-0.15, -0.1) is 0 Å². The van der Waals surface area contributed by atoms with E-state index in [1.54, 1.807) is 6.92 Å². The molecule has 5 heteroatoms. The molecule has 2 atom stereocenters. The zero-order valence-corrected chi connectivity index (χ0v) is 16.2. The number of amides is 2. The van der Waals surface area contributed by atoms with Crippen molar-refractivity contribution in [1.29, 1.82) is 0 Å². The Balaban J connectivity index is 1.34. The standard InChI is InChI=1S/C22H31N3O2/c1-14(26)25(20-9-10-20)13-15-5-7-19(8-6-15)24-22(27)18-11-16-3-2-4-17(12-18)21(16)23/h5-8,16-18,20-21H,2-4,9-13,23H2,1H3,(H,24,27). The van der Waals surface area contributed by atoms with Crippen LogP contribution in [0.5, 0.6) is 0 Å². The predicted octanol–water partition coefficient (Wildman–Crippen LogP) is 3.29. The molecule has 3 N–H and O–H groups in total. The SMILES string of the molecule is CC(=O)N(Cc1ccc(NC(=O)C2CC3CCCC(C2)C3N)cc1)C1CC1. The smallest absolute Gasteiger partial charge is 0.227 e. The van der Waals surface area contributed by atoms with E-state index in [-0.39, 0.29) is 23.8 Å². The zero-order chi connectivity index (χ0) is 19.0. The Bertz CT molecular complexity index is 684. The highest BCUT2D eigenvalue weighted by molar-refractivity contribution is 5.92. The van der Waals surface area contributed by atoms with E-state index in [0.29, 0.717) is 24.4 Å². The van der Waals surface area contributed by atoms with Crippen LogP contribution in [-0.4, -0.2) is 28.8 Å². The summed E-state index contributed by atoms with van der Waals surface area (Å²) in [5.41, 5.74) is 8.29. The minimum absolute atomic E-state index is 0.0860. The summed E-state index contributed by atoms with van der Waals surface area (Å²) < 4.78 is 0. The van der Waals surface area contributed by atoms with Gasteiger partial charge >= 0.3 is 0 Å².